The van der Waals surface area contributed by atoms with Gasteiger partial charge in [0.05, 0.1) is 39.3 Å². The summed E-state index contributed by atoms with van der Waals surface area (Å²) in [5.74, 6) is -7.13. The summed E-state index contributed by atoms with van der Waals surface area (Å²) in [5.41, 5.74) is 9.53. The average molecular weight is 801 g/mol. The largest absolute Gasteiger partial charge is 0.504 e. The number of nitrogens with zero attached hydrogens (tertiary/aromatic N) is 3. The molecule has 0 bridgehead atoms. The maximum atomic E-state index is 13.6. The van der Waals surface area contributed by atoms with Gasteiger partial charge in [0, 0.05) is 37.9 Å². The molecule has 21 nitrogen and oxygen atoms in total. The third-order valence-electron chi connectivity index (χ3n) is 7.70. The number of carboxylic acid groups (broad SMARTS) is 1. The van der Waals surface area contributed by atoms with Gasteiger partial charge in [-0.2, -0.15) is 0 Å². The van der Waals surface area contributed by atoms with Crippen molar-refractivity contribution < 1.29 is 63.1 Å². The highest BCUT2D eigenvalue weighted by Crippen LogP contribution is 2.24. The topological polar surface area (TPSA) is 317 Å². The highest BCUT2D eigenvalue weighted by atomic mass is 16.5. The Bertz CT molecular complexity index is 1710. The SMILES string of the molecule is CC(=O)N[C@@H](CC(=O)NCCc1ccc(O)c(O)c1)C(=O)N[C@H](CCC(=O)OCc1ccccc1)C(=O)N[C@@H](CC(=O)O)C(=O)NCCOCCOCCN=[N+]=[N-]. The van der Waals surface area contributed by atoms with E-state index < -0.39 is 78.9 Å². The van der Waals surface area contributed by atoms with E-state index >= 15 is 0 Å². The molecule has 0 unspecified atom stereocenters. The molecule has 0 heterocycles. The summed E-state index contributed by atoms with van der Waals surface area (Å²) in [7, 11) is 0. The summed E-state index contributed by atoms with van der Waals surface area (Å²) in [6.07, 6.45) is -1.98. The first-order chi connectivity index (χ1) is 27.3. The van der Waals surface area contributed by atoms with Gasteiger partial charge in [-0.3, -0.25) is 33.6 Å². The Morgan fingerprint density at radius 3 is 2.09 bits per heavy atom. The second kappa shape index (κ2) is 26.4. The summed E-state index contributed by atoms with van der Waals surface area (Å²) in [6.45, 7) is 1.67. The van der Waals surface area contributed by atoms with Crippen molar-refractivity contribution in [2.24, 2.45) is 5.11 Å². The summed E-state index contributed by atoms with van der Waals surface area (Å²) in [5, 5.41) is 44.0. The molecule has 310 valence electrons. The number of hydrogen-bond acceptors (Lipinski definition) is 13. The second-order valence-corrected chi connectivity index (χ2v) is 12.3. The molecule has 0 saturated heterocycles. The van der Waals surface area contributed by atoms with Crippen LogP contribution in [0.5, 0.6) is 11.5 Å². The van der Waals surface area contributed by atoms with Crippen molar-refractivity contribution in [1.29, 1.82) is 0 Å². The monoisotopic (exact) mass is 800 g/mol. The average Bonchev–Trinajstić information content (AvgIpc) is 3.17. The van der Waals surface area contributed by atoms with E-state index in [0.29, 0.717) is 11.1 Å². The number of azide groups is 1. The fraction of sp³-hybridized carbons (Fsp3) is 0.472. The van der Waals surface area contributed by atoms with E-state index in [0.717, 1.165) is 6.92 Å². The van der Waals surface area contributed by atoms with Gasteiger partial charge >= 0.3 is 11.9 Å². The molecule has 2 aromatic rings. The molecular formula is C36H48N8O13. The molecular weight excluding hydrogens is 752 g/mol. The molecule has 5 amide bonds. The van der Waals surface area contributed by atoms with Gasteiger partial charge in [0.2, 0.25) is 29.5 Å². The maximum Gasteiger partial charge on any atom is 0.306 e. The van der Waals surface area contributed by atoms with Crippen LogP contribution in [-0.4, -0.2) is 121 Å². The van der Waals surface area contributed by atoms with Crippen molar-refractivity contribution in [2.45, 2.75) is 63.8 Å². The number of hydrogen-bond donors (Lipinski definition) is 8. The van der Waals surface area contributed by atoms with Crippen LogP contribution >= 0.6 is 0 Å². The van der Waals surface area contributed by atoms with E-state index in [2.05, 4.69) is 36.6 Å². The van der Waals surface area contributed by atoms with Gasteiger partial charge in [-0.1, -0.05) is 41.5 Å². The van der Waals surface area contributed by atoms with Crippen molar-refractivity contribution >= 4 is 41.5 Å². The van der Waals surface area contributed by atoms with Crippen LogP contribution < -0.4 is 26.6 Å². The zero-order valence-corrected chi connectivity index (χ0v) is 31.3. The predicted octanol–water partition coefficient (Wildman–Crippen LogP) is 0.0789. The van der Waals surface area contributed by atoms with E-state index in [1.807, 2.05) is 0 Å². The zero-order chi connectivity index (χ0) is 42.0. The highest BCUT2D eigenvalue weighted by molar-refractivity contribution is 5.96. The lowest BCUT2D eigenvalue weighted by molar-refractivity contribution is -0.145. The number of benzene rings is 2. The van der Waals surface area contributed by atoms with Gasteiger partial charge in [0.15, 0.2) is 11.5 Å². The van der Waals surface area contributed by atoms with E-state index in [9.17, 15) is 48.9 Å². The fourth-order valence-corrected chi connectivity index (χ4v) is 4.89. The number of aromatic hydroxyl groups is 2. The number of nitrogens with one attached hydrogen (secondary N) is 5. The van der Waals surface area contributed by atoms with Crippen LogP contribution in [0.15, 0.2) is 53.6 Å². The summed E-state index contributed by atoms with van der Waals surface area (Å²) in [6, 6.07) is 8.15. The standard InChI is InChI=1S/C36H48N8O13/c1-23(45)41-27(20-31(48)38-12-11-24-7-9-29(46)30(47)19-24)36(54)42-26(8-10-33(51)57-22-25-5-3-2-4-6-25)35(53)43-28(21-32(49)50)34(52)39-13-15-55-17-18-56-16-14-40-44-37/h2-7,9,19,26-28,46-47H,8,10-18,20-22H2,1H3,(H,38,48)(H,39,52)(H,41,45)(H,42,54)(H,43,53)(H,49,50)/t26-,27+,28+/m1/s1. The Morgan fingerprint density at radius 1 is 0.754 bits per heavy atom. The molecule has 21 heteroatoms. The van der Waals surface area contributed by atoms with E-state index in [1.165, 1.54) is 18.2 Å². The normalized spacial score (nSPS) is 12.1. The number of carboxylic acids is 1. The molecule has 0 fully saturated rings. The lowest BCUT2D eigenvalue weighted by Gasteiger charge is -2.24. The molecule has 3 atom stereocenters. The van der Waals surface area contributed by atoms with Crippen LogP contribution in [0.2, 0.25) is 0 Å². The minimum atomic E-state index is -1.63. The third kappa shape index (κ3) is 20.2. The quantitative estimate of drug-likeness (QED) is 0.0148. The van der Waals surface area contributed by atoms with Crippen molar-refractivity contribution in [1.82, 2.24) is 26.6 Å². The number of amides is 5. The number of phenolic OH excluding ortho intramolecular Hbond substituents is 2. The first kappa shape index (κ1) is 46.7. The van der Waals surface area contributed by atoms with Crippen LogP contribution in [0.4, 0.5) is 0 Å². The smallest absolute Gasteiger partial charge is 0.306 e. The highest BCUT2D eigenvalue weighted by Gasteiger charge is 2.31. The van der Waals surface area contributed by atoms with E-state index in [4.69, 9.17) is 19.7 Å². The molecule has 0 aliphatic heterocycles. The predicted molar refractivity (Wildman–Crippen MR) is 199 cm³/mol. The van der Waals surface area contributed by atoms with Crippen molar-refractivity contribution in [3.63, 3.8) is 0 Å². The van der Waals surface area contributed by atoms with Crippen LogP contribution in [-0.2, 0) is 60.8 Å². The number of phenols is 2. The molecule has 0 aromatic heterocycles. The lowest BCUT2D eigenvalue weighted by Crippen LogP contribution is -2.57. The molecule has 0 aliphatic rings. The second-order valence-electron chi connectivity index (χ2n) is 12.3. The Balaban J connectivity index is 2.10. The first-order valence-electron chi connectivity index (χ1n) is 17.8. The molecule has 0 radical (unpaired) electrons. The van der Waals surface area contributed by atoms with Crippen LogP contribution in [0.1, 0.15) is 43.7 Å². The molecule has 2 rings (SSSR count). The Labute approximate surface area is 327 Å². The van der Waals surface area contributed by atoms with Gasteiger partial charge in [-0.25, -0.2) is 0 Å². The number of rotatable bonds is 27. The summed E-state index contributed by atoms with van der Waals surface area (Å²) in [4.78, 5) is 91.7. The number of carbonyl (C=O) groups excluding carboxylic acids is 6. The van der Waals surface area contributed by atoms with Crippen molar-refractivity contribution in [3.8, 4) is 11.5 Å². The van der Waals surface area contributed by atoms with Gasteiger partial charge in [-0.15, -0.1) is 0 Å². The lowest BCUT2D eigenvalue weighted by atomic mass is 10.1. The van der Waals surface area contributed by atoms with E-state index in [1.54, 1.807) is 30.3 Å². The Kier molecular flexibility index (Phi) is 21.6. The number of aliphatic carboxylic acids is 1. The molecule has 2 aromatic carbocycles. The van der Waals surface area contributed by atoms with E-state index in [-0.39, 0.29) is 77.0 Å². The summed E-state index contributed by atoms with van der Waals surface area (Å²) >= 11 is 0. The van der Waals surface area contributed by atoms with Crippen LogP contribution in [0.25, 0.3) is 10.4 Å². The zero-order valence-electron chi connectivity index (χ0n) is 31.3. The van der Waals surface area contributed by atoms with Gasteiger partial charge in [0.25, 0.3) is 0 Å². The molecule has 0 saturated carbocycles. The van der Waals surface area contributed by atoms with Gasteiger partial charge in [0.1, 0.15) is 24.7 Å². The minimum Gasteiger partial charge on any atom is -0.504 e. The Morgan fingerprint density at radius 2 is 1.42 bits per heavy atom. The van der Waals surface area contributed by atoms with Crippen LogP contribution in [0.3, 0.4) is 0 Å². The number of ether oxygens (including phenoxy) is 3. The fourth-order valence-electron chi connectivity index (χ4n) is 4.89. The molecule has 8 N–H and O–H groups in total. The third-order valence-corrected chi connectivity index (χ3v) is 7.70. The van der Waals surface area contributed by atoms with Gasteiger partial charge < -0.3 is 56.1 Å². The minimum absolute atomic E-state index is 0.00146. The Hall–Kier alpha value is -6.44. The molecule has 0 spiro atoms. The molecule has 0 aliphatic carbocycles. The first-order valence-corrected chi connectivity index (χ1v) is 17.8. The maximum absolute atomic E-state index is 13.6. The van der Waals surface area contributed by atoms with Crippen LogP contribution in [0, 0.1) is 0 Å². The summed E-state index contributed by atoms with van der Waals surface area (Å²) < 4.78 is 15.8. The molecule has 57 heavy (non-hydrogen) atoms. The van der Waals surface area contributed by atoms with Crippen molar-refractivity contribution in [2.75, 3.05) is 46.1 Å². The van der Waals surface area contributed by atoms with Gasteiger partial charge in [-0.05, 0) is 41.6 Å². The van der Waals surface area contributed by atoms with Crippen molar-refractivity contribution in [3.05, 3.63) is 70.1 Å². The number of carbonyl (C=O) groups is 7. The number of esters is 1.